The summed E-state index contributed by atoms with van der Waals surface area (Å²) in [5.41, 5.74) is -0.250. The molecule has 1 N–H and O–H groups in total. The topological polar surface area (TPSA) is 67.5 Å². The number of hydrogen-bond acceptors (Lipinski definition) is 4. The number of ketones is 1. The first-order valence-corrected chi connectivity index (χ1v) is 6.43. The van der Waals surface area contributed by atoms with Crippen molar-refractivity contribution in [3.8, 4) is 0 Å². The predicted molar refractivity (Wildman–Crippen MR) is 81.3 cm³/mol. The third-order valence-corrected chi connectivity index (χ3v) is 3.26. The smallest absolute Gasteiger partial charge is 0.347 e. The van der Waals surface area contributed by atoms with Gasteiger partial charge in [0, 0.05) is 11.5 Å². The van der Waals surface area contributed by atoms with Gasteiger partial charge >= 0.3 is 5.63 Å². The number of carbonyl (C=O) groups excluding carboxylic acids is 1. The van der Waals surface area contributed by atoms with Crippen LogP contribution in [-0.2, 0) is 4.79 Å². The first kappa shape index (κ1) is 13.1. The number of allylic oxidation sites excluding steroid dienone is 1. The third kappa shape index (κ3) is 2.31. The van der Waals surface area contributed by atoms with Crippen LogP contribution in [0, 0.1) is 0 Å². The van der Waals surface area contributed by atoms with Gasteiger partial charge in [0.1, 0.15) is 16.9 Å². The van der Waals surface area contributed by atoms with Gasteiger partial charge in [-0.15, -0.1) is 0 Å². The minimum Gasteiger partial charge on any atom is -0.507 e. The molecule has 0 aliphatic rings. The summed E-state index contributed by atoms with van der Waals surface area (Å²) in [7, 11) is 0. The lowest BCUT2D eigenvalue weighted by Gasteiger charge is -2.05. The highest BCUT2D eigenvalue weighted by molar-refractivity contribution is 6.06. The Balaban J connectivity index is 2.38. The van der Waals surface area contributed by atoms with Crippen LogP contribution in [0.4, 0.5) is 0 Å². The van der Waals surface area contributed by atoms with Crippen LogP contribution in [0.1, 0.15) is 12.5 Å². The zero-order valence-electron chi connectivity index (χ0n) is 11.3. The number of fused-ring (bicyclic) bond motifs is 3. The number of aliphatic hydroxyl groups excluding tert-OH is 1. The quantitative estimate of drug-likeness (QED) is 0.338. The van der Waals surface area contributed by atoms with Crippen LogP contribution in [0.5, 0.6) is 0 Å². The number of benzene rings is 2. The first-order chi connectivity index (χ1) is 10.1. The summed E-state index contributed by atoms with van der Waals surface area (Å²) in [6, 6.07) is 12.8. The second kappa shape index (κ2) is 4.90. The van der Waals surface area contributed by atoms with Crippen molar-refractivity contribution in [2.24, 2.45) is 0 Å². The lowest BCUT2D eigenvalue weighted by molar-refractivity contribution is -0.112. The lowest BCUT2D eigenvalue weighted by Crippen LogP contribution is -2.07. The molecule has 3 aromatic rings. The number of aliphatic hydroxyl groups is 1. The molecule has 0 unspecified atom stereocenters. The Morgan fingerprint density at radius 2 is 1.90 bits per heavy atom. The van der Waals surface area contributed by atoms with E-state index in [0.29, 0.717) is 11.0 Å². The summed E-state index contributed by atoms with van der Waals surface area (Å²) in [4.78, 5) is 23.0. The Hall–Kier alpha value is -2.88. The largest absolute Gasteiger partial charge is 0.507 e. The molecule has 0 aliphatic carbocycles. The van der Waals surface area contributed by atoms with Crippen molar-refractivity contribution in [1.29, 1.82) is 0 Å². The normalized spacial score (nSPS) is 12.0. The summed E-state index contributed by atoms with van der Waals surface area (Å²) >= 11 is 0. The Morgan fingerprint density at radius 1 is 1.14 bits per heavy atom. The predicted octanol–water partition coefficient (Wildman–Crippen LogP) is 3.43. The fourth-order valence-corrected chi connectivity index (χ4v) is 2.32. The molecule has 3 rings (SSSR count). The second-order valence-electron chi connectivity index (χ2n) is 4.79. The summed E-state index contributed by atoms with van der Waals surface area (Å²) in [6.07, 6.45) is 1.00. The molecule has 0 saturated heterocycles. The van der Waals surface area contributed by atoms with Crippen molar-refractivity contribution in [1.82, 2.24) is 0 Å². The molecule has 0 spiro atoms. The standard InChI is InChI=1S/C17H12O4/c1-10(18)8-15(19)14-9-13-12-5-3-2-4-11(12)6-7-16(13)21-17(14)20/h2-9,19H,1H3/b15-8-. The monoisotopic (exact) mass is 280 g/mol. The fraction of sp³-hybridized carbons (Fsp3) is 0.0588. The van der Waals surface area contributed by atoms with Crippen LogP contribution < -0.4 is 5.63 Å². The molecule has 4 nitrogen and oxygen atoms in total. The summed E-state index contributed by atoms with van der Waals surface area (Å²) in [6.45, 7) is 1.30. The summed E-state index contributed by atoms with van der Waals surface area (Å²) in [5.74, 6) is -0.726. The van der Waals surface area contributed by atoms with Crippen LogP contribution in [0.15, 0.2) is 57.8 Å². The van der Waals surface area contributed by atoms with E-state index in [4.69, 9.17) is 4.42 Å². The fourth-order valence-electron chi connectivity index (χ4n) is 2.32. The van der Waals surface area contributed by atoms with Gasteiger partial charge in [0.2, 0.25) is 0 Å². The summed E-state index contributed by atoms with van der Waals surface area (Å²) in [5, 5.41) is 12.5. The molecule has 104 valence electrons. The Morgan fingerprint density at radius 3 is 2.67 bits per heavy atom. The van der Waals surface area contributed by atoms with Crippen molar-refractivity contribution in [2.75, 3.05) is 0 Å². The maximum Gasteiger partial charge on any atom is 0.347 e. The number of carbonyl (C=O) groups is 1. The van der Waals surface area contributed by atoms with E-state index in [1.54, 1.807) is 12.1 Å². The van der Waals surface area contributed by atoms with E-state index < -0.39 is 5.63 Å². The molecule has 0 bridgehead atoms. The molecule has 0 fully saturated rings. The highest BCUT2D eigenvalue weighted by atomic mass is 16.4. The van der Waals surface area contributed by atoms with Crippen LogP contribution in [0.25, 0.3) is 27.5 Å². The van der Waals surface area contributed by atoms with Crippen molar-refractivity contribution in [3.63, 3.8) is 0 Å². The third-order valence-electron chi connectivity index (χ3n) is 3.26. The van der Waals surface area contributed by atoms with E-state index in [2.05, 4.69) is 0 Å². The highest BCUT2D eigenvalue weighted by Crippen LogP contribution is 2.26. The van der Waals surface area contributed by atoms with Gasteiger partial charge in [-0.25, -0.2) is 4.79 Å². The number of hydrogen-bond donors (Lipinski definition) is 1. The van der Waals surface area contributed by atoms with E-state index in [-0.39, 0.29) is 17.1 Å². The van der Waals surface area contributed by atoms with Crippen LogP contribution in [0.2, 0.25) is 0 Å². The van der Waals surface area contributed by atoms with Crippen LogP contribution >= 0.6 is 0 Å². The zero-order valence-corrected chi connectivity index (χ0v) is 11.3. The van der Waals surface area contributed by atoms with E-state index in [0.717, 1.165) is 16.8 Å². The van der Waals surface area contributed by atoms with Gasteiger partial charge in [0.05, 0.1) is 0 Å². The van der Waals surface area contributed by atoms with Crippen molar-refractivity contribution in [3.05, 3.63) is 64.5 Å². The lowest BCUT2D eigenvalue weighted by atomic mass is 10.0. The molecule has 0 radical (unpaired) electrons. The van der Waals surface area contributed by atoms with Gasteiger partial charge < -0.3 is 9.52 Å². The number of rotatable bonds is 2. The molecule has 1 heterocycles. The average Bonchev–Trinajstić information content (AvgIpc) is 2.45. The van der Waals surface area contributed by atoms with Gasteiger partial charge in [-0.1, -0.05) is 30.3 Å². The van der Waals surface area contributed by atoms with Gasteiger partial charge in [-0.2, -0.15) is 0 Å². The van der Waals surface area contributed by atoms with Gasteiger partial charge in [0.15, 0.2) is 5.78 Å². The Bertz CT molecular complexity index is 948. The van der Waals surface area contributed by atoms with Crippen molar-refractivity contribution in [2.45, 2.75) is 6.92 Å². The second-order valence-corrected chi connectivity index (χ2v) is 4.79. The Kier molecular flexibility index (Phi) is 3.06. The van der Waals surface area contributed by atoms with Crippen LogP contribution in [0.3, 0.4) is 0 Å². The molecule has 21 heavy (non-hydrogen) atoms. The van der Waals surface area contributed by atoms with Gasteiger partial charge in [-0.3, -0.25) is 4.79 Å². The molecule has 2 aromatic carbocycles. The van der Waals surface area contributed by atoms with E-state index in [1.165, 1.54) is 6.92 Å². The molecular weight excluding hydrogens is 268 g/mol. The van der Waals surface area contributed by atoms with Crippen LogP contribution in [-0.4, -0.2) is 10.9 Å². The highest BCUT2D eigenvalue weighted by Gasteiger charge is 2.11. The van der Waals surface area contributed by atoms with E-state index >= 15 is 0 Å². The molecule has 1 aromatic heterocycles. The SMILES string of the molecule is CC(=O)/C=C(\O)c1cc2c(ccc3ccccc32)oc1=O. The average molecular weight is 280 g/mol. The molecule has 0 atom stereocenters. The zero-order chi connectivity index (χ0) is 15.0. The Labute approximate surface area is 119 Å². The minimum absolute atomic E-state index is 0.0194. The molecule has 0 saturated carbocycles. The van der Waals surface area contributed by atoms with E-state index in [9.17, 15) is 14.7 Å². The molecule has 0 amide bonds. The molecule has 0 aliphatic heterocycles. The maximum absolute atomic E-state index is 11.9. The maximum atomic E-state index is 11.9. The van der Waals surface area contributed by atoms with Gasteiger partial charge in [0.25, 0.3) is 0 Å². The van der Waals surface area contributed by atoms with Gasteiger partial charge in [-0.05, 0) is 29.8 Å². The summed E-state index contributed by atoms with van der Waals surface area (Å²) < 4.78 is 5.24. The first-order valence-electron chi connectivity index (χ1n) is 6.43. The van der Waals surface area contributed by atoms with Crippen molar-refractivity contribution < 1.29 is 14.3 Å². The molecular formula is C17H12O4. The minimum atomic E-state index is -0.673. The van der Waals surface area contributed by atoms with E-state index in [1.807, 2.05) is 30.3 Å². The van der Waals surface area contributed by atoms with Crippen molar-refractivity contribution >= 4 is 33.3 Å². The molecule has 4 heteroatoms.